The number of rotatable bonds is 8. The Morgan fingerprint density at radius 1 is 1.00 bits per heavy atom. The fraction of sp³-hybridized carbons (Fsp3) is 0.600. The molecule has 2 aromatic rings. The average molecular weight is 373 g/mol. The van der Waals surface area contributed by atoms with Gasteiger partial charge >= 0.3 is 0 Å². The summed E-state index contributed by atoms with van der Waals surface area (Å²) < 4.78 is 22.8. The van der Waals surface area contributed by atoms with E-state index in [0.29, 0.717) is 18.3 Å². The minimum atomic E-state index is 0.287. The Bertz CT molecular complexity index is 688. The molecule has 3 heterocycles. The fourth-order valence-corrected chi connectivity index (χ4v) is 3.72. The van der Waals surface area contributed by atoms with Crippen LogP contribution in [0.25, 0.3) is 11.5 Å². The Morgan fingerprint density at radius 3 is 2.22 bits per heavy atom. The van der Waals surface area contributed by atoms with Gasteiger partial charge in [0.1, 0.15) is 5.75 Å². The standard InChI is InChI=1S/C20H27N3O4/c1-24-16-8-6-15(7-9-16)20-22-21-19(27-20)14-23(12-17-4-2-10-25-17)13-18-5-3-11-26-18/h6-9,17-18H,2-5,10-14H2,1H3/t17-,18+. The zero-order valence-corrected chi connectivity index (χ0v) is 15.8. The van der Waals surface area contributed by atoms with Gasteiger partial charge in [-0.05, 0) is 49.9 Å². The molecule has 2 saturated heterocycles. The van der Waals surface area contributed by atoms with Crippen LogP contribution in [0.15, 0.2) is 28.7 Å². The van der Waals surface area contributed by atoms with Crippen molar-refractivity contribution in [2.45, 2.75) is 44.4 Å². The van der Waals surface area contributed by atoms with Crippen molar-refractivity contribution in [1.82, 2.24) is 15.1 Å². The Kier molecular flexibility index (Phi) is 6.01. The highest BCUT2D eigenvalue weighted by Gasteiger charge is 2.25. The number of hydrogen-bond acceptors (Lipinski definition) is 7. The van der Waals surface area contributed by atoms with Crippen LogP contribution < -0.4 is 4.74 Å². The number of aromatic nitrogens is 2. The van der Waals surface area contributed by atoms with E-state index in [-0.39, 0.29) is 12.2 Å². The molecule has 27 heavy (non-hydrogen) atoms. The van der Waals surface area contributed by atoms with Gasteiger partial charge < -0.3 is 18.6 Å². The molecule has 1 aromatic carbocycles. The van der Waals surface area contributed by atoms with Gasteiger partial charge in [0, 0.05) is 31.9 Å². The maximum absolute atomic E-state index is 5.92. The molecule has 146 valence electrons. The van der Waals surface area contributed by atoms with E-state index in [0.717, 1.165) is 63.3 Å². The van der Waals surface area contributed by atoms with E-state index in [9.17, 15) is 0 Å². The van der Waals surface area contributed by atoms with Crippen LogP contribution in [-0.4, -0.2) is 60.7 Å². The summed E-state index contributed by atoms with van der Waals surface area (Å²) >= 11 is 0. The van der Waals surface area contributed by atoms with E-state index in [2.05, 4.69) is 15.1 Å². The van der Waals surface area contributed by atoms with Crippen LogP contribution in [0.1, 0.15) is 31.6 Å². The molecule has 0 aliphatic carbocycles. The predicted octanol–water partition coefficient (Wildman–Crippen LogP) is 2.91. The zero-order chi connectivity index (χ0) is 18.5. The van der Waals surface area contributed by atoms with Gasteiger partial charge in [-0.2, -0.15) is 0 Å². The molecule has 0 radical (unpaired) electrons. The van der Waals surface area contributed by atoms with Crippen LogP contribution in [0.3, 0.4) is 0 Å². The van der Waals surface area contributed by atoms with Gasteiger partial charge in [-0.1, -0.05) is 0 Å². The van der Waals surface area contributed by atoms with Crippen molar-refractivity contribution in [1.29, 1.82) is 0 Å². The largest absolute Gasteiger partial charge is 0.497 e. The molecule has 0 bridgehead atoms. The predicted molar refractivity (Wildman–Crippen MR) is 99.5 cm³/mol. The molecular formula is C20H27N3O4. The van der Waals surface area contributed by atoms with Crippen LogP contribution in [0.2, 0.25) is 0 Å². The van der Waals surface area contributed by atoms with Gasteiger partial charge in [0.05, 0.1) is 25.9 Å². The first-order valence-corrected chi connectivity index (χ1v) is 9.72. The number of benzene rings is 1. The van der Waals surface area contributed by atoms with E-state index in [1.807, 2.05) is 24.3 Å². The summed E-state index contributed by atoms with van der Waals surface area (Å²) in [5.74, 6) is 1.96. The molecular weight excluding hydrogens is 346 g/mol. The van der Waals surface area contributed by atoms with E-state index in [1.54, 1.807) is 7.11 Å². The summed E-state index contributed by atoms with van der Waals surface area (Å²) in [5, 5.41) is 8.46. The first-order chi connectivity index (χ1) is 13.3. The Balaban J connectivity index is 1.42. The summed E-state index contributed by atoms with van der Waals surface area (Å²) in [6.45, 7) is 4.09. The van der Waals surface area contributed by atoms with Gasteiger partial charge in [0.25, 0.3) is 0 Å². The van der Waals surface area contributed by atoms with E-state index >= 15 is 0 Å². The quantitative estimate of drug-likeness (QED) is 0.704. The van der Waals surface area contributed by atoms with Gasteiger partial charge in [-0.15, -0.1) is 10.2 Å². The zero-order valence-electron chi connectivity index (χ0n) is 15.8. The third-order valence-corrected chi connectivity index (χ3v) is 5.13. The SMILES string of the molecule is COc1ccc(-c2nnc(CN(C[C@H]3CCCO3)C[C@@H]3CCCO3)o2)cc1. The molecule has 7 heteroatoms. The smallest absolute Gasteiger partial charge is 0.247 e. The minimum Gasteiger partial charge on any atom is -0.497 e. The molecule has 0 N–H and O–H groups in total. The highest BCUT2D eigenvalue weighted by Crippen LogP contribution is 2.23. The van der Waals surface area contributed by atoms with Crippen molar-refractivity contribution in [3.63, 3.8) is 0 Å². The topological polar surface area (TPSA) is 69.9 Å². The lowest BCUT2D eigenvalue weighted by atomic mass is 10.2. The third kappa shape index (κ3) is 4.86. The molecule has 2 fully saturated rings. The van der Waals surface area contributed by atoms with Crippen molar-refractivity contribution < 1.29 is 18.6 Å². The van der Waals surface area contributed by atoms with E-state index in [4.69, 9.17) is 18.6 Å². The van der Waals surface area contributed by atoms with Crippen molar-refractivity contribution in [2.75, 3.05) is 33.4 Å². The molecule has 0 amide bonds. The van der Waals surface area contributed by atoms with E-state index in [1.165, 1.54) is 0 Å². The van der Waals surface area contributed by atoms with Crippen molar-refractivity contribution in [2.24, 2.45) is 0 Å². The van der Waals surface area contributed by atoms with Gasteiger partial charge in [-0.25, -0.2) is 0 Å². The Labute approximate surface area is 159 Å². The van der Waals surface area contributed by atoms with Gasteiger partial charge in [-0.3, -0.25) is 4.90 Å². The maximum Gasteiger partial charge on any atom is 0.247 e. The number of ether oxygens (including phenoxy) is 3. The van der Waals surface area contributed by atoms with Crippen LogP contribution in [0.5, 0.6) is 5.75 Å². The van der Waals surface area contributed by atoms with Crippen LogP contribution in [0, 0.1) is 0 Å². The second-order valence-corrected chi connectivity index (χ2v) is 7.19. The number of hydrogen-bond donors (Lipinski definition) is 0. The Morgan fingerprint density at radius 2 is 1.67 bits per heavy atom. The second kappa shape index (κ2) is 8.82. The highest BCUT2D eigenvalue weighted by atomic mass is 16.5. The lowest BCUT2D eigenvalue weighted by Crippen LogP contribution is -2.37. The molecule has 7 nitrogen and oxygen atoms in total. The summed E-state index contributed by atoms with van der Waals surface area (Å²) in [6, 6.07) is 7.63. The molecule has 1 aromatic heterocycles. The van der Waals surface area contributed by atoms with Crippen LogP contribution in [-0.2, 0) is 16.0 Å². The molecule has 0 unspecified atom stereocenters. The fourth-order valence-electron chi connectivity index (χ4n) is 3.72. The lowest BCUT2D eigenvalue weighted by Gasteiger charge is -2.26. The highest BCUT2D eigenvalue weighted by molar-refractivity contribution is 5.53. The van der Waals surface area contributed by atoms with Crippen molar-refractivity contribution >= 4 is 0 Å². The first-order valence-electron chi connectivity index (χ1n) is 9.72. The Hall–Kier alpha value is -1.96. The molecule has 0 spiro atoms. The summed E-state index contributed by atoms with van der Waals surface area (Å²) in [5.41, 5.74) is 0.888. The summed E-state index contributed by atoms with van der Waals surface area (Å²) in [7, 11) is 1.65. The van der Waals surface area contributed by atoms with Crippen LogP contribution >= 0.6 is 0 Å². The lowest BCUT2D eigenvalue weighted by molar-refractivity contribution is 0.0316. The van der Waals surface area contributed by atoms with Gasteiger partial charge in [0.15, 0.2) is 0 Å². The monoisotopic (exact) mass is 373 g/mol. The normalized spacial score (nSPS) is 22.6. The molecule has 0 saturated carbocycles. The molecule has 2 atom stereocenters. The first kappa shape index (κ1) is 18.4. The summed E-state index contributed by atoms with van der Waals surface area (Å²) in [6.07, 6.45) is 5.08. The average Bonchev–Trinajstić information content (AvgIpc) is 3.45. The number of nitrogens with zero attached hydrogens (tertiary/aromatic N) is 3. The molecule has 2 aliphatic rings. The molecule has 2 aliphatic heterocycles. The molecule has 4 rings (SSSR count). The van der Waals surface area contributed by atoms with Gasteiger partial charge in [0.2, 0.25) is 11.8 Å². The van der Waals surface area contributed by atoms with E-state index < -0.39 is 0 Å². The minimum absolute atomic E-state index is 0.287. The van der Waals surface area contributed by atoms with Crippen molar-refractivity contribution in [3.05, 3.63) is 30.2 Å². The maximum atomic E-state index is 5.92. The third-order valence-electron chi connectivity index (χ3n) is 5.13. The second-order valence-electron chi connectivity index (χ2n) is 7.19. The number of methoxy groups -OCH3 is 1. The van der Waals surface area contributed by atoms with Crippen LogP contribution in [0.4, 0.5) is 0 Å². The summed E-state index contributed by atoms with van der Waals surface area (Å²) in [4.78, 5) is 2.33. The van der Waals surface area contributed by atoms with Crippen molar-refractivity contribution in [3.8, 4) is 17.2 Å².